The van der Waals surface area contributed by atoms with Gasteiger partial charge in [-0.1, -0.05) is 20.8 Å². The van der Waals surface area contributed by atoms with E-state index in [0.29, 0.717) is 7.92 Å². The molecule has 0 spiro atoms. The fraction of sp³-hybridized carbons (Fsp3) is 0.857. The van der Waals surface area contributed by atoms with E-state index in [-0.39, 0.29) is 22.4 Å². The molecule has 10 heavy (non-hydrogen) atoms. The molecule has 0 atom stereocenters. The normalized spacial score (nSPS) is 7.40. The smallest absolute Gasteiger partial charge is 0.512 e. The van der Waals surface area contributed by atoms with Crippen LogP contribution in [0.1, 0.15) is 20.8 Å². The molecule has 0 heterocycles. The van der Waals surface area contributed by atoms with Gasteiger partial charge in [0.25, 0.3) is 0 Å². The first kappa shape index (κ1) is 17.0. The van der Waals surface area contributed by atoms with Crippen LogP contribution in [-0.4, -0.2) is 18.5 Å². The Morgan fingerprint density at radius 2 is 1.20 bits per heavy atom. The van der Waals surface area contributed by atoms with Crippen LogP contribution in [0.15, 0.2) is 0 Å². The van der Waals surface area contributed by atoms with Crippen molar-refractivity contribution in [2.45, 2.75) is 20.8 Å². The standard InChI is InChI=1S/C6H15P.CN.Au/c1-4-7(5-2)6-3;1-2;/h4-6H2,1-3H3;;/q;-1;+3. The average Bonchev–Trinajstić information content (AvgIpc) is 1.96. The summed E-state index contributed by atoms with van der Waals surface area (Å²) in [6, 6.07) is 0. The third-order valence-electron chi connectivity index (χ3n) is 1.34. The molecule has 0 unspecified atom stereocenters. The molecule has 0 aromatic rings. The zero-order valence-electron chi connectivity index (χ0n) is 6.82. The topological polar surface area (TPSA) is 23.8 Å². The molecule has 3 heteroatoms. The van der Waals surface area contributed by atoms with Crippen LogP contribution in [0.5, 0.6) is 0 Å². The second-order valence-electron chi connectivity index (χ2n) is 1.62. The number of nitrogens with zero attached hydrogens (tertiary/aromatic N) is 1. The van der Waals surface area contributed by atoms with Gasteiger partial charge >= 0.3 is 22.4 Å². The zero-order chi connectivity index (χ0) is 7.70. The van der Waals surface area contributed by atoms with E-state index in [1.165, 1.54) is 18.5 Å². The van der Waals surface area contributed by atoms with E-state index in [1.54, 1.807) is 0 Å². The fourth-order valence-corrected chi connectivity index (χ4v) is 2.01. The first-order chi connectivity index (χ1) is 4.35. The van der Waals surface area contributed by atoms with Gasteiger partial charge in [-0.3, -0.25) is 0 Å². The van der Waals surface area contributed by atoms with E-state index in [2.05, 4.69) is 20.8 Å². The second kappa shape index (κ2) is 16.3. The maximum Gasteiger partial charge on any atom is 3.00 e. The molecule has 62 valence electrons. The molecule has 0 amide bonds. The van der Waals surface area contributed by atoms with Crippen molar-refractivity contribution in [3.05, 3.63) is 6.57 Å². The van der Waals surface area contributed by atoms with Gasteiger partial charge in [0.2, 0.25) is 0 Å². The largest absolute Gasteiger partial charge is 3.00 e. The van der Waals surface area contributed by atoms with Crippen LogP contribution in [0, 0.1) is 11.8 Å². The molecule has 0 saturated heterocycles. The third-order valence-corrected chi connectivity index (χ3v) is 4.02. The van der Waals surface area contributed by atoms with Crippen LogP contribution in [0.4, 0.5) is 0 Å². The van der Waals surface area contributed by atoms with E-state index >= 15 is 0 Å². The van der Waals surface area contributed by atoms with Crippen molar-refractivity contribution in [1.82, 2.24) is 0 Å². The summed E-state index contributed by atoms with van der Waals surface area (Å²) in [5.41, 5.74) is 0. The van der Waals surface area contributed by atoms with Gasteiger partial charge in [0.15, 0.2) is 0 Å². The SMILES string of the molecule is CCP(CC)CC.[Au+3].[C-]#N. The summed E-state index contributed by atoms with van der Waals surface area (Å²) in [4.78, 5) is 0. The zero-order valence-corrected chi connectivity index (χ0v) is 9.88. The van der Waals surface area contributed by atoms with Crippen molar-refractivity contribution in [2.24, 2.45) is 0 Å². The van der Waals surface area contributed by atoms with E-state index in [4.69, 9.17) is 11.8 Å². The molecule has 0 bridgehead atoms. The van der Waals surface area contributed by atoms with Crippen molar-refractivity contribution in [3.63, 3.8) is 0 Å². The van der Waals surface area contributed by atoms with E-state index in [0.717, 1.165) is 0 Å². The minimum absolute atomic E-state index is 0. The maximum atomic E-state index is 6.25. The monoisotopic (exact) mass is 341 g/mol. The van der Waals surface area contributed by atoms with Gasteiger partial charge in [-0.05, 0) is 18.5 Å². The number of rotatable bonds is 3. The first-order valence-corrected chi connectivity index (χ1v) is 5.19. The Morgan fingerprint density at radius 3 is 1.20 bits per heavy atom. The Kier molecular flexibility index (Phi) is 27.7. The summed E-state index contributed by atoms with van der Waals surface area (Å²) in [6.45, 7) is 11.6. The van der Waals surface area contributed by atoms with Gasteiger partial charge in [0.1, 0.15) is 0 Å². The first-order valence-electron chi connectivity index (χ1n) is 3.29. The van der Waals surface area contributed by atoms with Crippen molar-refractivity contribution in [1.29, 1.82) is 5.26 Å². The van der Waals surface area contributed by atoms with Crippen molar-refractivity contribution in [3.8, 4) is 0 Å². The summed E-state index contributed by atoms with van der Waals surface area (Å²) >= 11 is 0. The summed E-state index contributed by atoms with van der Waals surface area (Å²) < 4.78 is 0. The maximum absolute atomic E-state index is 6.25. The molecule has 0 fully saturated rings. The van der Waals surface area contributed by atoms with E-state index in [1.807, 2.05) is 0 Å². The van der Waals surface area contributed by atoms with Crippen LogP contribution in [0.2, 0.25) is 0 Å². The Hall–Kier alpha value is 0.660. The third kappa shape index (κ3) is 11.5. The fourth-order valence-electron chi connectivity index (χ4n) is 0.671. The van der Waals surface area contributed by atoms with Crippen molar-refractivity contribution < 1.29 is 22.4 Å². The summed E-state index contributed by atoms with van der Waals surface area (Å²) in [6.07, 6.45) is 4.26. The summed E-state index contributed by atoms with van der Waals surface area (Å²) in [5, 5.41) is 6.25. The van der Waals surface area contributed by atoms with Crippen LogP contribution in [0.3, 0.4) is 0 Å². The Bertz CT molecular complexity index is 56.4. The molecular formula is C7H15AuNP+2. The molecule has 0 aliphatic rings. The summed E-state index contributed by atoms with van der Waals surface area (Å²) in [7, 11) is 0.446. The Balaban J connectivity index is -0.000000149. The molecule has 0 aliphatic heterocycles. The van der Waals surface area contributed by atoms with Crippen LogP contribution in [0.25, 0.3) is 0 Å². The predicted octanol–water partition coefficient (Wildman–Crippen LogP) is 2.62. The minimum Gasteiger partial charge on any atom is -0.512 e. The van der Waals surface area contributed by atoms with Gasteiger partial charge in [-0.15, -0.1) is 7.92 Å². The van der Waals surface area contributed by atoms with Gasteiger partial charge < -0.3 is 11.8 Å². The van der Waals surface area contributed by atoms with E-state index < -0.39 is 0 Å². The van der Waals surface area contributed by atoms with Gasteiger partial charge in [-0.2, -0.15) is 0 Å². The van der Waals surface area contributed by atoms with Crippen LogP contribution >= 0.6 is 7.92 Å². The minimum atomic E-state index is 0. The quantitative estimate of drug-likeness (QED) is 0.440. The summed E-state index contributed by atoms with van der Waals surface area (Å²) in [5.74, 6) is 0. The molecule has 0 aliphatic carbocycles. The second-order valence-corrected chi connectivity index (χ2v) is 4.86. The average molecular weight is 341 g/mol. The molecule has 0 saturated carbocycles. The molecule has 0 aromatic heterocycles. The molecule has 0 rings (SSSR count). The van der Waals surface area contributed by atoms with Crippen molar-refractivity contribution >= 4 is 7.92 Å². The molecular weight excluding hydrogens is 326 g/mol. The molecule has 0 N–H and O–H groups in total. The van der Waals surface area contributed by atoms with Gasteiger partial charge in [-0.25, -0.2) is 0 Å². The molecule has 0 radical (unpaired) electrons. The van der Waals surface area contributed by atoms with Crippen LogP contribution < -0.4 is 0 Å². The predicted molar refractivity (Wildman–Crippen MR) is 43.5 cm³/mol. The van der Waals surface area contributed by atoms with Gasteiger partial charge in [0.05, 0.1) is 0 Å². The van der Waals surface area contributed by atoms with Crippen LogP contribution in [-0.2, 0) is 22.4 Å². The number of hydrogen-bond acceptors (Lipinski definition) is 1. The molecule has 0 aromatic carbocycles. The van der Waals surface area contributed by atoms with Gasteiger partial charge in [0, 0.05) is 0 Å². The number of hydrogen-bond donors (Lipinski definition) is 0. The Labute approximate surface area is 81.5 Å². The Morgan fingerprint density at radius 1 is 1.00 bits per heavy atom. The van der Waals surface area contributed by atoms with Crippen molar-refractivity contribution in [2.75, 3.05) is 18.5 Å². The molecule has 1 nitrogen and oxygen atoms in total. The van der Waals surface area contributed by atoms with E-state index in [9.17, 15) is 0 Å².